The van der Waals surface area contributed by atoms with Gasteiger partial charge in [0.2, 0.25) is 0 Å². The highest BCUT2D eigenvalue weighted by atomic mass is 15.2. The molecule has 0 aromatic rings. The molecule has 4 atom stereocenters. The molecule has 1 N–H and O–H groups in total. The summed E-state index contributed by atoms with van der Waals surface area (Å²) in [5.41, 5.74) is 0. The van der Waals surface area contributed by atoms with E-state index in [-0.39, 0.29) is 0 Å². The summed E-state index contributed by atoms with van der Waals surface area (Å²) in [5.74, 6) is 1.84. The van der Waals surface area contributed by atoms with Crippen LogP contribution in [0.5, 0.6) is 0 Å². The summed E-state index contributed by atoms with van der Waals surface area (Å²) < 4.78 is 0. The Morgan fingerprint density at radius 1 is 1.31 bits per heavy atom. The van der Waals surface area contributed by atoms with Crippen LogP contribution < -0.4 is 5.32 Å². The summed E-state index contributed by atoms with van der Waals surface area (Å²) in [4.78, 5) is 2.78. The van der Waals surface area contributed by atoms with Crippen molar-refractivity contribution in [2.24, 2.45) is 11.8 Å². The number of nitrogens with zero attached hydrogens (tertiary/aromatic N) is 1. The molecular weight excluding hydrogens is 196 g/mol. The van der Waals surface area contributed by atoms with Crippen molar-refractivity contribution in [3.63, 3.8) is 0 Å². The smallest absolute Gasteiger partial charge is 0.0127 e. The summed E-state index contributed by atoms with van der Waals surface area (Å²) in [6.45, 7) is 10.8. The van der Waals surface area contributed by atoms with Crippen LogP contribution in [-0.2, 0) is 0 Å². The molecule has 2 rings (SSSR count). The Morgan fingerprint density at radius 2 is 2.12 bits per heavy atom. The third kappa shape index (κ3) is 3.21. The topological polar surface area (TPSA) is 15.3 Å². The first kappa shape index (κ1) is 12.4. The average molecular weight is 224 g/mol. The van der Waals surface area contributed by atoms with Crippen molar-refractivity contribution >= 4 is 0 Å². The highest BCUT2D eigenvalue weighted by molar-refractivity contribution is 4.95. The SMILES string of the molecule is CCCC1CC1N1CCC(C)NCC(C)C1. The normalized spacial score (nSPS) is 41.4. The fourth-order valence-corrected chi connectivity index (χ4v) is 3.08. The minimum atomic E-state index is 0.702. The van der Waals surface area contributed by atoms with Gasteiger partial charge in [0.05, 0.1) is 0 Å². The lowest BCUT2D eigenvalue weighted by Gasteiger charge is -2.31. The van der Waals surface area contributed by atoms with Gasteiger partial charge in [-0.15, -0.1) is 0 Å². The average Bonchev–Trinajstić information content (AvgIpc) is 2.99. The third-order valence-corrected chi connectivity index (χ3v) is 4.22. The second kappa shape index (κ2) is 5.50. The highest BCUT2D eigenvalue weighted by Crippen LogP contribution is 2.39. The lowest BCUT2D eigenvalue weighted by molar-refractivity contribution is 0.185. The molecule has 0 aromatic carbocycles. The molecule has 1 aliphatic carbocycles. The van der Waals surface area contributed by atoms with Crippen molar-refractivity contribution < 1.29 is 0 Å². The molecule has 0 bridgehead atoms. The van der Waals surface area contributed by atoms with Crippen molar-refractivity contribution in [3.8, 4) is 0 Å². The van der Waals surface area contributed by atoms with Gasteiger partial charge >= 0.3 is 0 Å². The van der Waals surface area contributed by atoms with Crippen LogP contribution in [0.25, 0.3) is 0 Å². The Hall–Kier alpha value is -0.0800. The van der Waals surface area contributed by atoms with Crippen molar-refractivity contribution in [3.05, 3.63) is 0 Å². The van der Waals surface area contributed by atoms with Crippen LogP contribution in [-0.4, -0.2) is 36.6 Å². The molecule has 2 heteroatoms. The fourth-order valence-electron chi connectivity index (χ4n) is 3.08. The predicted octanol–water partition coefficient (Wildman–Crippen LogP) is 2.49. The maximum absolute atomic E-state index is 3.62. The molecular formula is C14H28N2. The molecule has 0 amide bonds. The molecule has 0 radical (unpaired) electrons. The first-order valence-corrected chi connectivity index (χ1v) is 7.18. The van der Waals surface area contributed by atoms with Crippen LogP contribution in [0.15, 0.2) is 0 Å². The minimum absolute atomic E-state index is 0.702. The zero-order valence-corrected chi connectivity index (χ0v) is 11.2. The van der Waals surface area contributed by atoms with E-state index in [0.29, 0.717) is 6.04 Å². The molecule has 1 aliphatic heterocycles. The van der Waals surface area contributed by atoms with Gasteiger partial charge in [0.25, 0.3) is 0 Å². The molecule has 1 saturated carbocycles. The van der Waals surface area contributed by atoms with Crippen molar-refractivity contribution in [1.82, 2.24) is 10.2 Å². The maximum Gasteiger partial charge on any atom is 0.0127 e. The zero-order chi connectivity index (χ0) is 11.5. The minimum Gasteiger partial charge on any atom is -0.314 e. The first-order valence-electron chi connectivity index (χ1n) is 7.18. The Bertz CT molecular complexity index is 217. The van der Waals surface area contributed by atoms with E-state index >= 15 is 0 Å². The second-order valence-electron chi connectivity index (χ2n) is 6.05. The number of nitrogens with one attached hydrogen (secondary N) is 1. The van der Waals surface area contributed by atoms with Gasteiger partial charge in [-0.1, -0.05) is 20.3 Å². The van der Waals surface area contributed by atoms with E-state index in [2.05, 4.69) is 31.0 Å². The molecule has 2 fully saturated rings. The summed E-state index contributed by atoms with van der Waals surface area (Å²) in [7, 11) is 0. The second-order valence-corrected chi connectivity index (χ2v) is 6.05. The van der Waals surface area contributed by atoms with Gasteiger partial charge in [-0.25, -0.2) is 0 Å². The monoisotopic (exact) mass is 224 g/mol. The van der Waals surface area contributed by atoms with Gasteiger partial charge in [-0.2, -0.15) is 0 Å². The van der Waals surface area contributed by atoms with E-state index in [1.807, 2.05) is 0 Å². The Kier molecular flexibility index (Phi) is 4.26. The van der Waals surface area contributed by atoms with Crippen LogP contribution in [0.2, 0.25) is 0 Å². The largest absolute Gasteiger partial charge is 0.314 e. The molecule has 0 aromatic heterocycles. The first-order chi connectivity index (χ1) is 7.70. The summed E-state index contributed by atoms with van der Waals surface area (Å²) in [5, 5.41) is 3.62. The molecule has 16 heavy (non-hydrogen) atoms. The van der Waals surface area contributed by atoms with Gasteiger partial charge in [0, 0.05) is 18.6 Å². The van der Waals surface area contributed by atoms with Gasteiger partial charge in [0.1, 0.15) is 0 Å². The lowest BCUT2D eigenvalue weighted by atomic mass is 10.1. The molecule has 1 heterocycles. The quantitative estimate of drug-likeness (QED) is 0.792. The molecule has 94 valence electrons. The van der Waals surface area contributed by atoms with E-state index in [9.17, 15) is 0 Å². The zero-order valence-electron chi connectivity index (χ0n) is 11.2. The summed E-state index contributed by atoms with van der Waals surface area (Å²) >= 11 is 0. The predicted molar refractivity (Wildman–Crippen MR) is 69.6 cm³/mol. The van der Waals surface area contributed by atoms with E-state index in [1.165, 1.54) is 45.3 Å². The van der Waals surface area contributed by atoms with Crippen LogP contribution in [0.3, 0.4) is 0 Å². The van der Waals surface area contributed by atoms with Crippen LogP contribution in [0.1, 0.15) is 46.5 Å². The summed E-state index contributed by atoms with van der Waals surface area (Å²) in [6.07, 6.45) is 5.61. The van der Waals surface area contributed by atoms with Crippen molar-refractivity contribution in [1.29, 1.82) is 0 Å². The molecule has 0 spiro atoms. The highest BCUT2D eigenvalue weighted by Gasteiger charge is 2.41. The van der Waals surface area contributed by atoms with Gasteiger partial charge < -0.3 is 5.32 Å². The van der Waals surface area contributed by atoms with Crippen LogP contribution >= 0.6 is 0 Å². The lowest BCUT2D eigenvalue weighted by Crippen LogP contribution is -2.43. The van der Waals surface area contributed by atoms with E-state index in [0.717, 1.165) is 17.9 Å². The number of hydrogen-bond acceptors (Lipinski definition) is 2. The number of hydrogen-bond donors (Lipinski definition) is 1. The van der Waals surface area contributed by atoms with Crippen LogP contribution in [0.4, 0.5) is 0 Å². The van der Waals surface area contributed by atoms with Gasteiger partial charge in [-0.05, 0) is 51.1 Å². The summed E-state index contributed by atoms with van der Waals surface area (Å²) in [6, 6.07) is 1.64. The van der Waals surface area contributed by atoms with E-state index < -0.39 is 0 Å². The van der Waals surface area contributed by atoms with E-state index in [4.69, 9.17) is 0 Å². The Balaban J connectivity index is 1.83. The third-order valence-electron chi connectivity index (χ3n) is 4.22. The molecule has 2 aliphatic rings. The molecule has 2 nitrogen and oxygen atoms in total. The Morgan fingerprint density at radius 3 is 2.88 bits per heavy atom. The Labute approximate surface area is 101 Å². The van der Waals surface area contributed by atoms with Crippen LogP contribution in [0, 0.1) is 11.8 Å². The van der Waals surface area contributed by atoms with Crippen molar-refractivity contribution in [2.45, 2.75) is 58.5 Å². The standard InChI is InChI=1S/C14H28N2/c1-4-5-13-8-14(13)16-7-6-12(3)15-9-11(2)10-16/h11-15H,4-10H2,1-3H3. The maximum atomic E-state index is 3.62. The van der Waals surface area contributed by atoms with E-state index in [1.54, 1.807) is 0 Å². The van der Waals surface area contributed by atoms with Gasteiger partial charge in [0.15, 0.2) is 0 Å². The molecule has 4 unspecified atom stereocenters. The van der Waals surface area contributed by atoms with Gasteiger partial charge in [-0.3, -0.25) is 4.90 Å². The number of rotatable bonds is 3. The molecule has 1 saturated heterocycles. The van der Waals surface area contributed by atoms with Crippen molar-refractivity contribution in [2.75, 3.05) is 19.6 Å². The fraction of sp³-hybridized carbons (Fsp3) is 1.00.